The molecule has 8 nitrogen and oxygen atoms in total. The van der Waals surface area contributed by atoms with E-state index in [0.29, 0.717) is 5.02 Å². The van der Waals surface area contributed by atoms with Gasteiger partial charge in [-0.1, -0.05) is 11.6 Å². The quantitative estimate of drug-likeness (QED) is 0.466. The Labute approximate surface area is 169 Å². The van der Waals surface area contributed by atoms with Crippen molar-refractivity contribution < 1.29 is 0 Å². The summed E-state index contributed by atoms with van der Waals surface area (Å²) in [6, 6.07) is 7.49. The maximum Gasteiger partial charge on any atom is 0.224 e. The number of nitrogen functional groups attached to an aromatic ring is 2. The molecule has 1 atom stereocenters. The molecule has 0 spiro atoms. The van der Waals surface area contributed by atoms with Crippen molar-refractivity contribution in [2.45, 2.75) is 13.0 Å². The minimum Gasteiger partial charge on any atom is -0.382 e. The number of fused-ring (bicyclic) bond motifs is 1. The molecular weight excluding hydrogens is 396 g/mol. The number of rotatable bonds is 4. The number of hydrogen-bond donors (Lipinski definition) is 3. The van der Waals surface area contributed by atoms with Gasteiger partial charge in [-0.2, -0.15) is 15.2 Å². The zero-order chi connectivity index (χ0) is 19.8. The van der Waals surface area contributed by atoms with E-state index in [1.54, 1.807) is 23.6 Å². The van der Waals surface area contributed by atoms with Crippen LogP contribution in [0.1, 0.15) is 24.1 Å². The molecule has 0 saturated heterocycles. The predicted molar refractivity (Wildman–Crippen MR) is 112 cm³/mol. The average Bonchev–Trinajstić information content (AvgIpc) is 3.29. The zero-order valence-electron chi connectivity index (χ0n) is 14.7. The van der Waals surface area contributed by atoms with Crippen molar-refractivity contribution in [1.29, 1.82) is 5.26 Å². The lowest BCUT2D eigenvalue weighted by molar-refractivity contribution is 0.875. The predicted octanol–water partition coefficient (Wildman–Crippen LogP) is 3.74. The van der Waals surface area contributed by atoms with E-state index in [1.165, 1.54) is 0 Å². The van der Waals surface area contributed by atoms with Gasteiger partial charge in [-0.15, -0.1) is 11.3 Å². The van der Waals surface area contributed by atoms with Gasteiger partial charge >= 0.3 is 0 Å². The molecule has 0 bridgehead atoms. The van der Waals surface area contributed by atoms with E-state index < -0.39 is 0 Å². The number of nitrogens with zero attached hydrogens (tertiary/aromatic N) is 5. The van der Waals surface area contributed by atoms with Crippen LogP contribution in [0.5, 0.6) is 0 Å². The lowest BCUT2D eigenvalue weighted by Crippen LogP contribution is -2.13. The summed E-state index contributed by atoms with van der Waals surface area (Å²) in [4.78, 5) is 12.5. The Bertz CT molecular complexity index is 1210. The van der Waals surface area contributed by atoms with Crippen LogP contribution >= 0.6 is 22.9 Å². The number of nitrogens with two attached hydrogens (primary N) is 2. The second kappa shape index (κ2) is 6.99. The first kappa shape index (κ1) is 18.0. The fourth-order valence-electron chi connectivity index (χ4n) is 3.04. The molecule has 0 aliphatic heterocycles. The van der Waals surface area contributed by atoms with Crippen LogP contribution in [0, 0.1) is 11.3 Å². The summed E-state index contributed by atoms with van der Waals surface area (Å²) >= 11 is 8.10. The summed E-state index contributed by atoms with van der Waals surface area (Å²) in [5.74, 6) is 0.300. The normalized spacial score (nSPS) is 12.0. The fraction of sp³-hybridized carbons (Fsp3) is 0.111. The van der Waals surface area contributed by atoms with Gasteiger partial charge in [-0.05, 0) is 30.5 Å². The molecule has 0 amide bonds. The highest BCUT2D eigenvalue weighted by Gasteiger charge is 2.21. The first-order chi connectivity index (χ1) is 13.5. The van der Waals surface area contributed by atoms with E-state index in [4.69, 9.17) is 23.1 Å². The molecule has 0 unspecified atom stereocenters. The number of aromatic nitrogens is 4. The summed E-state index contributed by atoms with van der Waals surface area (Å²) < 4.78 is 1.99. The molecule has 0 aliphatic rings. The molecule has 4 rings (SSSR count). The lowest BCUT2D eigenvalue weighted by Gasteiger charge is -2.16. The highest BCUT2D eigenvalue weighted by atomic mass is 35.5. The van der Waals surface area contributed by atoms with Crippen molar-refractivity contribution in [3.8, 4) is 11.1 Å². The average molecular weight is 411 g/mol. The van der Waals surface area contributed by atoms with Crippen molar-refractivity contribution in [2.75, 3.05) is 16.8 Å². The molecule has 0 radical (unpaired) electrons. The largest absolute Gasteiger partial charge is 0.382 e. The maximum atomic E-state index is 9.39. The summed E-state index contributed by atoms with van der Waals surface area (Å²) in [6.07, 6.45) is 3.66. The Kier molecular flexibility index (Phi) is 4.50. The monoisotopic (exact) mass is 410 g/mol. The van der Waals surface area contributed by atoms with Crippen LogP contribution in [0.15, 0.2) is 36.0 Å². The van der Waals surface area contributed by atoms with Gasteiger partial charge in [0.05, 0.1) is 11.1 Å². The minimum absolute atomic E-state index is 0.00749. The molecule has 0 aliphatic carbocycles. The van der Waals surface area contributed by atoms with E-state index in [9.17, 15) is 5.26 Å². The third kappa shape index (κ3) is 2.98. The summed E-state index contributed by atoms with van der Waals surface area (Å²) in [6.45, 7) is 1.94. The summed E-state index contributed by atoms with van der Waals surface area (Å²) in [5.41, 5.74) is 13.3. The van der Waals surface area contributed by atoms with Crippen LogP contribution in [0.25, 0.3) is 16.0 Å². The van der Waals surface area contributed by atoms with Crippen LogP contribution in [0.4, 0.5) is 17.6 Å². The Balaban J connectivity index is 1.83. The van der Waals surface area contributed by atoms with Gasteiger partial charge in [0.15, 0.2) is 5.82 Å². The Morgan fingerprint density at radius 1 is 1.32 bits per heavy atom. The second-order valence-corrected chi connectivity index (χ2v) is 7.40. The Hall–Kier alpha value is -3.35. The molecule has 140 valence electrons. The van der Waals surface area contributed by atoms with Gasteiger partial charge in [0.2, 0.25) is 5.95 Å². The van der Waals surface area contributed by atoms with Crippen LogP contribution < -0.4 is 16.8 Å². The fourth-order valence-corrected chi connectivity index (χ4v) is 4.00. The maximum absolute atomic E-state index is 9.39. The molecule has 4 heterocycles. The summed E-state index contributed by atoms with van der Waals surface area (Å²) in [5, 5.41) is 17.0. The molecule has 10 heteroatoms. The molecule has 4 aromatic rings. The number of nitrogens with one attached hydrogen (secondary N) is 1. The first-order valence-corrected chi connectivity index (χ1v) is 9.54. The van der Waals surface area contributed by atoms with Gasteiger partial charge in [-0.3, -0.25) is 4.57 Å². The highest BCUT2D eigenvalue weighted by Crippen LogP contribution is 2.35. The third-order valence-electron chi connectivity index (χ3n) is 4.29. The first-order valence-electron chi connectivity index (χ1n) is 8.28. The molecule has 0 aromatic carbocycles. The lowest BCUT2D eigenvalue weighted by atomic mass is 10.1. The van der Waals surface area contributed by atoms with Crippen molar-refractivity contribution in [3.05, 3.63) is 52.1 Å². The van der Waals surface area contributed by atoms with E-state index >= 15 is 0 Å². The van der Waals surface area contributed by atoms with Crippen LogP contribution in [0.2, 0.25) is 5.02 Å². The second-order valence-electron chi connectivity index (χ2n) is 6.07. The zero-order valence-corrected chi connectivity index (χ0v) is 16.3. The number of anilines is 3. The van der Waals surface area contributed by atoms with Crippen LogP contribution in [0.3, 0.4) is 0 Å². The SMILES string of the molecule is C[C@H](Nc1nc(N)nc(N)c1C#N)c1cn(-c2cccs2)c2nccc(Cl)c12. The third-order valence-corrected chi connectivity index (χ3v) is 5.48. The van der Waals surface area contributed by atoms with Crippen LogP contribution in [-0.4, -0.2) is 19.5 Å². The summed E-state index contributed by atoms with van der Waals surface area (Å²) in [7, 11) is 0. The smallest absolute Gasteiger partial charge is 0.224 e. The molecular formula is C18H15ClN8S. The molecule has 4 aromatic heterocycles. The van der Waals surface area contributed by atoms with Crippen molar-refractivity contribution >= 4 is 51.6 Å². The van der Waals surface area contributed by atoms with Crippen LogP contribution in [-0.2, 0) is 0 Å². The minimum atomic E-state index is -0.258. The number of thiophene rings is 1. The van der Waals surface area contributed by atoms with Crippen molar-refractivity contribution in [1.82, 2.24) is 19.5 Å². The van der Waals surface area contributed by atoms with E-state index in [-0.39, 0.29) is 29.2 Å². The van der Waals surface area contributed by atoms with Gasteiger partial charge in [-0.25, -0.2) is 4.98 Å². The van der Waals surface area contributed by atoms with Gasteiger partial charge in [0.25, 0.3) is 0 Å². The number of halogens is 1. The van der Waals surface area contributed by atoms with Gasteiger partial charge in [0.1, 0.15) is 28.1 Å². The van der Waals surface area contributed by atoms with Gasteiger partial charge < -0.3 is 16.8 Å². The molecule has 0 fully saturated rings. The van der Waals surface area contributed by atoms with Crippen molar-refractivity contribution in [2.24, 2.45) is 0 Å². The number of nitriles is 1. The van der Waals surface area contributed by atoms with E-state index in [0.717, 1.165) is 21.6 Å². The number of pyridine rings is 1. The Morgan fingerprint density at radius 3 is 2.86 bits per heavy atom. The molecule has 28 heavy (non-hydrogen) atoms. The molecule has 0 saturated carbocycles. The topological polar surface area (TPSA) is 131 Å². The Morgan fingerprint density at radius 2 is 2.14 bits per heavy atom. The standard InChI is InChI=1S/C18H15ClN8S/c1-9(24-16-10(7-20)15(21)25-18(22)26-16)11-8-27(13-3-2-6-28-13)17-14(11)12(19)4-5-23-17/h2-6,8-9H,1H3,(H5,21,22,24,25,26)/t9-/m0/s1. The molecule has 5 N–H and O–H groups in total. The number of hydrogen-bond acceptors (Lipinski definition) is 8. The van der Waals surface area contributed by atoms with E-state index in [1.807, 2.05) is 41.3 Å². The van der Waals surface area contributed by atoms with Gasteiger partial charge in [0, 0.05) is 23.3 Å². The highest BCUT2D eigenvalue weighted by molar-refractivity contribution is 7.12. The van der Waals surface area contributed by atoms with E-state index in [2.05, 4.69) is 20.3 Å². The van der Waals surface area contributed by atoms with Crippen molar-refractivity contribution in [3.63, 3.8) is 0 Å².